The number of anilines is 2. The summed E-state index contributed by atoms with van der Waals surface area (Å²) in [6.45, 7) is 8.87. The van der Waals surface area contributed by atoms with E-state index >= 15 is 0 Å². The van der Waals surface area contributed by atoms with Crippen molar-refractivity contribution in [3.05, 3.63) is 129 Å². The van der Waals surface area contributed by atoms with Crippen molar-refractivity contribution in [2.75, 3.05) is 18.1 Å². The molecule has 8 aromatic rings. The smallest absolute Gasteiger partial charge is 0.272 e. The van der Waals surface area contributed by atoms with E-state index in [2.05, 4.69) is 51.4 Å². The van der Waals surface area contributed by atoms with Crippen LogP contribution in [0.2, 0.25) is 5.04 Å². The number of nitrogen functional groups attached to an aromatic ring is 2. The summed E-state index contributed by atoms with van der Waals surface area (Å²) in [6, 6.07) is 22.5. The SMILES string of the molecule is CC(C)(C)[SiH2]OC(c1ccccc1)(c1ccccc1)C1OC(n2cc3c(N)cc4c(=O)[nH]ncc(n2)c34)C(C)(O)C1O.CC1(O)C(O)C(CO)OC1n1cc2c(N)cc3c(=O)[nH]ncc(n1)c23. The number of nitrogens with one attached hydrogen (secondary N) is 2. The van der Waals surface area contributed by atoms with Crippen molar-refractivity contribution in [2.45, 2.75) is 93.3 Å². The molecule has 0 saturated carbocycles. The van der Waals surface area contributed by atoms with Crippen LogP contribution < -0.4 is 22.6 Å². The average Bonchev–Trinajstić information content (AvgIpc) is 3.89. The number of aliphatic hydroxyl groups excluding tert-OH is 3. The van der Waals surface area contributed by atoms with Gasteiger partial charge in [-0.1, -0.05) is 81.4 Å². The summed E-state index contributed by atoms with van der Waals surface area (Å²) in [7, 11) is -1.22. The Morgan fingerprint density at radius 1 is 0.731 bits per heavy atom. The van der Waals surface area contributed by atoms with E-state index < -0.39 is 75.6 Å². The van der Waals surface area contributed by atoms with E-state index in [1.54, 1.807) is 12.3 Å². The van der Waals surface area contributed by atoms with Crippen LogP contribution in [-0.4, -0.2) is 117 Å². The molecule has 8 unspecified atom stereocenters. The van der Waals surface area contributed by atoms with Gasteiger partial charge < -0.3 is 50.9 Å². The second-order valence-corrected chi connectivity index (χ2v) is 21.5. The Morgan fingerprint density at radius 3 is 1.61 bits per heavy atom. The molecule has 0 amide bonds. The number of aromatic amines is 2. The topological polar surface area (TPSA) is 308 Å². The van der Waals surface area contributed by atoms with Crippen LogP contribution in [0.1, 0.15) is 58.2 Å². The number of aliphatic hydroxyl groups is 5. The molecule has 67 heavy (non-hydrogen) atoms. The maximum Gasteiger partial charge on any atom is 0.272 e. The van der Waals surface area contributed by atoms with E-state index in [-0.39, 0.29) is 10.6 Å². The van der Waals surface area contributed by atoms with Crippen molar-refractivity contribution >= 4 is 64.5 Å². The molecule has 21 heteroatoms. The van der Waals surface area contributed by atoms with E-state index in [1.165, 1.54) is 47.9 Å². The van der Waals surface area contributed by atoms with Crippen LogP contribution in [0.4, 0.5) is 11.4 Å². The lowest BCUT2D eigenvalue weighted by Crippen LogP contribution is -2.53. The number of nitrogens with two attached hydrogens (primary N) is 2. The molecule has 2 saturated heterocycles. The third-order valence-electron chi connectivity index (χ3n) is 12.6. The molecule has 0 bridgehead atoms. The molecule has 0 aliphatic carbocycles. The maximum atomic E-state index is 12.5. The molecule has 6 heterocycles. The second kappa shape index (κ2) is 16.7. The Kier molecular flexibility index (Phi) is 11.4. The number of ether oxygens (including phenoxy) is 2. The van der Waals surface area contributed by atoms with Crippen LogP contribution in [-0.2, 0) is 19.5 Å². The largest absolute Gasteiger partial charge is 0.408 e. The van der Waals surface area contributed by atoms with E-state index in [9.17, 15) is 35.1 Å². The first-order valence-electron chi connectivity index (χ1n) is 21.5. The molecule has 8 atom stereocenters. The van der Waals surface area contributed by atoms with Crippen LogP contribution in [0.15, 0.2) is 107 Å². The zero-order valence-corrected chi connectivity index (χ0v) is 38.6. The highest BCUT2D eigenvalue weighted by Gasteiger charge is 2.62. The molecule has 2 fully saturated rings. The summed E-state index contributed by atoms with van der Waals surface area (Å²) in [5, 5.41) is 78.5. The Labute approximate surface area is 383 Å². The Bertz CT molecular complexity index is 3200. The fraction of sp³-hybridized carbons (Fsp3) is 0.348. The van der Waals surface area contributed by atoms with Crippen LogP contribution in [0.25, 0.3) is 43.4 Å². The Hall–Kier alpha value is -6.40. The van der Waals surface area contributed by atoms with Crippen molar-refractivity contribution in [3.8, 4) is 0 Å². The first kappa shape index (κ1) is 45.7. The molecular weight excluding hydrogens is 881 g/mol. The lowest BCUT2D eigenvalue weighted by Gasteiger charge is -2.43. The highest BCUT2D eigenvalue weighted by molar-refractivity contribution is 6.32. The van der Waals surface area contributed by atoms with Crippen molar-refractivity contribution in [2.24, 2.45) is 0 Å². The maximum absolute atomic E-state index is 12.5. The van der Waals surface area contributed by atoms with Crippen LogP contribution in [0, 0.1) is 0 Å². The number of hydrogen-bond donors (Lipinski definition) is 9. The highest BCUT2D eigenvalue weighted by Crippen LogP contribution is 2.50. The molecule has 11 N–H and O–H groups in total. The van der Waals surface area contributed by atoms with Gasteiger partial charge in [0.2, 0.25) is 0 Å². The van der Waals surface area contributed by atoms with Gasteiger partial charge in [0.25, 0.3) is 11.1 Å². The van der Waals surface area contributed by atoms with Gasteiger partial charge in [0.1, 0.15) is 52.3 Å². The lowest BCUT2D eigenvalue weighted by atomic mass is 9.77. The van der Waals surface area contributed by atoms with Gasteiger partial charge in [-0.3, -0.25) is 9.59 Å². The lowest BCUT2D eigenvalue weighted by molar-refractivity contribution is -0.122. The number of rotatable bonds is 8. The van der Waals surface area contributed by atoms with Crippen molar-refractivity contribution in [1.82, 2.24) is 40.0 Å². The van der Waals surface area contributed by atoms with E-state index in [0.29, 0.717) is 54.7 Å². The Morgan fingerprint density at radius 2 is 1.18 bits per heavy atom. The van der Waals surface area contributed by atoms with Gasteiger partial charge >= 0.3 is 0 Å². The van der Waals surface area contributed by atoms with E-state index in [1.807, 2.05) is 60.7 Å². The summed E-state index contributed by atoms with van der Waals surface area (Å²) in [6.07, 6.45) is -0.871. The first-order chi connectivity index (χ1) is 31.8. The number of H-pyrrole nitrogens is 2. The van der Waals surface area contributed by atoms with Gasteiger partial charge in [-0.05, 0) is 42.1 Å². The fourth-order valence-corrected chi connectivity index (χ4v) is 10.3. The molecule has 2 aliphatic rings. The zero-order chi connectivity index (χ0) is 47.8. The van der Waals surface area contributed by atoms with Gasteiger partial charge in [0.15, 0.2) is 22.2 Å². The van der Waals surface area contributed by atoms with Gasteiger partial charge in [-0.2, -0.15) is 20.4 Å². The molecule has 0 radical (unpaired) electrons. The van der Waals surface area contributed by atoms with Crippen molar-refractivity contribution in [1.29, 1.82) is 0 Å². The Balaban J connectivity index is 0.000000191. The highest BCUT2D eigenvalue weighted by atomic mass is 28.2. The summed E-state index contributed by atoms with van der Waals surface area (Å²) in [5.41, 5.74) is 9.92. The zero-order valence-electron chi connectivity index (χ0n) is 37.2. The summed E-state index contributed by atoms with van der Waals surface area (Å²) in [4.78, 5) is 24.6. The number of benzene rings is 2. The third kappa shape index (κ3) is 7.67. The molecular formula is C46H52N10O10Si. The molecule has 4 aromatic carbocycles. The van der Waals surface area contributed by atoms with Gasteiger partial charge in [0.05, 0.1) is 29.8 Å². The van der Waals surface area contributed by atoms with Gasteiger partial charge in [-0.25, -0.2) is 19.6 Å². The molecule has 0 spiro atoms. The van der Waals surface area contributed by atoms with Gasteiger partial charge in [-0.15, -0.1) is 0 Å². The third-order valence-corrected chi connectivity index (χ3v) is 14.1. The molecule has 2 aliphatic heterocycles. The quantitative estimate of drug-likeness (QED) is 0.0984. The van der Waals surface area contributed by atoms with Crippen LogP contribution in [0.5, 0.6) is 0 Å². The molecule has 20 nitrogen and oxygen atoms in total. The minimum Gasteiger partial charge on any atom is -0.408 e. The summed E-state index contributed by atoms with van der Waals surface area (Å²) in [5.74, 6) is 0. The van der Waals surface area contributed by atoms with Crippen LogP contribution >= 0.6 is 0 Å². The number of aromatic nitrogens is 8. The number of hydrogen-bond acceptors (Lipinski definition) is 16. The molecule has 350 valence electrons. The monoisotopic (exact) mass is 932 g/mol. The minimum absolute atomic E-state index is 0.0827. The van der Waals surface area contributed by atoms with Crippen LogP contribution in [0.3, 0.4) is 0 Å². The van der Waals surface area contributed by atoms with Crippen molar-refractivity contribution in [3.63, 3.8) is 0 Å². The standard InChI is InChI=1S/C31H35N5O5Si.C15H17N5O5/c1-29(2,3)42-41-31(18-11-7-5-8-12-18,19-13-9-6-10-14-19)26-25(37)30(4,39)28(40-26)36-17-21-22(32)15-20-24(21)23(35-36)16-33-34-27(20)38;1-15(24)12(22)10(5-21)25-14(15)20-4-7-8(16)2-6-11(7)9(19-20)3-17-18-13(6)23/h5-17,25-26,28,37,39H,32,42H2,1-4H3,(H,34,38);2-4,10,12,14,21-22,24H,5,16H2,1H3,(H,18,23). The fourth-order valence-electron chi connectivity index (χ4n) is 9.17. The first-order valence-corrected chi connectivity index (χ1v) is 22.8. The normalized spacial score (nSPS) is 25.8. The molecule has 4 aromatic heterocycles. The average molecular weight is 933 g/mol. The second-order valence-electron chi connectivity index (χ2n) is 18.8. The summed E-state index contributed by atoms with van der Waals surface area (Å²) < 4.78 is 22.0. The van der Waals surface area contributed by atoms with E-state index in [4.69, 9.17) is 25.4 Å². The summed E-state index contributed by atoms with van der Waals surface area (Å²) >= 11 is 0. The minimum atomic E-state index is -1.80. The van der Waals surface area contributed by atoms with Gasteiger partial charge in [0, 0.05) is 45.3 Å². The van der Waals surface area contributed by atoms with Crippen molar-refractivity contribution < 1.29 is 39.4 Å². The predicted octanol–water partition coefficient (Wildman–Crippen LogP) is 1.98. The predicted molar refractivity (Wildman–Crippen MR) is 251 cm³/mol. The number of nitrogens with zero attached hydrogens (tertiary/aromatic N) is 6. The van der Waals surface area contributed by atoms with E-state index in [0.717, 1.165) is 11.1 Å². The molecule has 10 rings (SSSR count).